The molecule has 4 rings (SSSR count). The molecule has 5 nitrogen and oxygen atoms in total. The summed E-state index contributed by atoms with van der Waals surface area (Å²) in [5, 5.41) is 2.86. The molecule has 0 saturated carbocycles. The first kappa shape index (κ1) is 21.8. The molecule has 2 heterocycles. The minimum atomic E-state index is -0.639. The zero-order valence-corrected chi connectivity index (χ0v) is 18.7. The van der Waals surface area contributed by atoms with Crippen molar-refractivity contribution in [3.8, 4) is 11.1 Å². The van der Waals surface area contributed by atoms with Gasteiger partial charge in [0.15, 0.2) is 0 Å². The molecular formula is C27H29N3O2. The maximum Gasteiger partial charge on any atom is 0.228 e. The maximum absolute atomic E-state index is 13.1. The molecular weight excluding hydrogens is 398 g/mol. The summed E-state index contributed by atoms with van der Waals surface area (Å²) in [6, 6.07) is 20.2. The molecule has 1 saturated heterocycles. The van der Waals surface area contributed by atoms with Crippen molar-refractivity contribution in [2.24, 2.45) is 5.41 Å². The second kappa shape index (κ2) is 9.35. The molecule has 0 radical (unpaired) electrons. The van der Waals surface area contributed by atoms with E-state index in [0.29, 0.717) is 32.4 Å². The zero-order chi connectivity index (χ0) is 22.6. The summed E-state index contributed by atoms with van der Waals surface area (Å²) >= 11 is 0. The van der Waals surface area contributed by atoms with Crippen molar-refractivity contribution in [3.05, 3.63) is 89.7 Å². The van der Waals surface area contributed by atoms with Gasteiger partial charge in [-0.2, -0.15) is 0 Å². The van der Waals surface area contributed by atoms with E-state index in [1.807, 2.05) is 60.4 Å². The van der Waals surface area contributed by atoms with E-state index in [2.05, 4.69) is 22.4 Å². The van der Waals surface area contributed by atoms with Crippen molar-refractivity contribution in [2.75, 3.05) is 20.1 Å². The molecule has 2 amide bonds. The number of rotatable bonds is 6. The molecule has 1 aliphatic rings. The fourth-order valence-electron chi connectivity index (χ4n) is 4.72. The lowest BCUT2D eigenvalue weighted by Crippen LogP contribution is -2.44. The summed E-state index contributed by atoms with van der Waals surface area (Å²) < 4.78 is 0. The molecule has 0 bridgehead atoms. The summed E-state index contributed by atoms with van der Waals surface area (Å²) in [5.41, 5.74) is 4.80. The molecule has 0 aliphatic carbocycles. The molecule has 0 unspecified atom stereocenters. The van der Waals surface area contributed by atoms with Crippen LogP contribution in [0.2, 0.25) is 0 Å². The van der Waals surface area contributed by atoms with Gasteiger partial charge in [-0.05, 0) is 54.2 Å². The van der Waals surface area contributed by atoms with Gasteiger partial charge in [0.2, 0.25) is 11.8 Å². The lowest BCUT2D eigenvalue weighted by atomic mass is 9.78. The molecule has 0 spiro atoms. The van der Waals surface area contributed by atoms with E-state index < -0.39 is 5.41 Å². The molecule has 1 N–H and O–H groups in total. The number of nitrogens with zero attached hydrogens (tertiary/aromatic N) is 2. The number of pyridine rings is 1. The van der Waals surface area contributed by atoms with Crippen LogP contribution in [0.4, 0.5) is 0 Å². The molecule has 32 heavy (non-hydrogen) atoms. The van der Waals surface area contributed by atoms with Gasteiger partial charge in [-0.1, -0.05) is 54.1 Å². The highest BCUT2D eigenvalue weighted by Gasteiger charge is 2.45. The monoisotopic (exact) mass is 427 g/mol. The average molecular weight is 428 g/mol. The highest BCUT2D eigenvalue weighted by Crippen LogP contribution is 2.37. The standard InChI is InChI=1S/C27H29N3O2/c1-20-6-5-7-21(16-20)17-25(31)30-15-12-27(19-30,26(32)28-2)18-23-8-3-4-9-24(23)22-10-13-29-14-11-22/h3-11,13-14,16H,12,15,17-19H2,1-2H3,(H,28,32)/t27-/m1/s1. The molecule has 1 fully saturated rings. The van der Waals surface area contributed by atoms with Crippen molar-refractivity contribution in [3.63, 3.8) is 0 Å². The normalized spacial score (nSPS) is 17.9. The van der Waals surface area contributed by atoms with Crippen LogP contribution in [-0.2, 0) is 22.4 Å². The van der Waals surface area contributed by atoms with E-state index in [9.17, 15) is 9.59 Å². The van der Waals surface area contributed by atoms with Crippen LogP contribution in [0.25, 0.3) is 11.1 Å². The topological polar surface area (TPSA) is 62.3 Å². The van der Waals surface area contributed by atoms with E-state index >= 15 is 0 Å². The van der Waals surface area contributed by atoms with Gasteiger partial charge < -0.3 is 10.2 Å². The summed E-state index contributed by atoms with van der Waals surface area (Å²) in [7, 11) is 1.68. The second-order valence-electron chi connectivity index (χ2n) is 8.66. The highest BCUT2D eigenvalue weighted by atomic mass is 16.2. The SMILES string of the molecule is CNC(=O)[C@@]1(Cc2ccccc2-c2ccncc2)CCN(C(=O)Cc2cccc(C)c2)C1. The quantitative estimate of drug-likeness (QED) is 0.651. The minimum absolute atomic E-state index is 0.00659. The van der Waals surface area contributed by atoms with Crippen LogP contribution in [-0.4, -0.2) is 41.8 Å². The van der Waals surface area contributed by atoms with Crippen molar-refractivity contribution in [1.29, 1.82) is 0 Å². The Morgan fingerprint density at radius 2 is 1.84 bits per heavy atom. The van der Waals surface area contributed by atoms with Crippen LogP contribution in [0.1, 0.15) is 23.1 Å². The minimum Gasteiger partial charge on any atom is -0.359 e. The van der Waals surface area contributed by atoms with Gasteiger partial charge in [-0.15, -0.1) is 0 Å². The zero-order valence-electron chi connectivity index (χ0n) is 18.7. The van der Waals surface area contributed by atoms with Crippen LogP contribution in [0.15, 0.2) is 73.1 Å². The maximum atomic E-state index is 13.1. The number of nitrogens with one attached hydrogen (secondary N) is 1. The predicted octanol–water partition coefficient (Wildman–Crippen LogP) is 3.81. The van der Waals surface area contributed by atoms with Crippen LogP contribution >= 0.6 is 0 Å². The molecule has 164 valence electrons. The fraction of sp³-hybridized carbons (Fsp3) is 0.296. The number of carbonyl (C=O) groups is 2. The third-order valence-corrected chi connectivity index (χ3v) is 6.39. The van der Waals surface area contributed by atoms with Crippen LogP contribution in [0.3, 0.4) is 0 Å². The average Bonchev–Trinajstić information content (AvgIpc) is 3.25. The molecule has 5 heteroatoms. The Morgan fingerprint density at radius 1 is 1.06 bits per heavy atom. The summed E-state index contributed by atoms with van der Waals surface area (Å²) in [4.78, 5) is 32.1. The number of hydrogen-bond acceptors (Lipinski definition) is 3. The number of hydrogen-bond donors (Lipinski definition) is 1. The lowest BCUT2D eigenvalue weighted by Gasteiger charge is -2.28. The lowest BCUT2D eigenvalue weighted by molar-refractivity contribution is -0.132. The molecule has 3 aromatic rings. The Labute approximate surface area is 189 Å². The van der Waals surface area contributed by atoms with Gasteiger partial charge >= 0.3 is 0 Å². The van der Waals surface area contributed by atoms with Gasteiger partial charge in [0.05, 0.1) is 11.8 Å². The molecule has 2 aromatic carbocycles. The predicted molar refractivity (Wildman–Crippen MR) is 126 cm³/mol. The fourth-order valence-corrected chi connectivity index (χ4v) is 4.72. The van der Waals surface area contributed by atoms with Crippen molar-refractivity contribution in [1.82, 2.24) is 15.2 Å². The first-order chi connectivity index (χ1) is 15.5. The third-order valence-electron chi connectivity index (χ3n) is 6.39. The Bertz CT molecular complexity index is 1110. The summed E-state index contributed by atoms with van der Waals surface area (Å²) in [5.74, 6) is 0.0664. The summed E-state index contributed by atoms with van der Waals surface area (Å²) in [6.07, 6.45) is 5.15. The Balaban J connectivity index is 1.57. The van der Waals surface area contributed by atoms with E-state index in [4.69, 9.17) is 0 Å². The van der Waals surface area contributed by atoms with Crippen LogP contribution in [0.5, 0.6) is 0 Å². The number of amides is 2. The summed E-state index contributed by atoms with van der Waals surface area (Å²) in [6.45, 7) is 3.05. The molecule has 1 atom stereocenters. The number of carbonyl (C=O) groups excluding carboxylic acids is 2. The van der Waals surface area contributed by atoms with Gasteiger partial charge in [-0.25, -0.2) is 0 Å². The molecule has 1 aromatic heterocycles. The van der Waals surface area contributed by atoms with E-state index in [0.717, 1.165) is 27.8 Å². The van der Waals surface area contributed by atoms with E-state index in [1.54, 1.807) is 19.4 Å². The van der Waals surface area contributed by atoms with Crippen LogP contribution < -0.4 is 5.32 Å². The van der Waals surface area contributed by atoms with E-state index in [-0.39, 0.29) is 11.8 Å². The largest absolute Gasteiger partial charge is 0.359 e. The smallest absolute Gasteiger partial charge is 0.228 e. The number of likely N-dealkylation sites (tertiary alicyclic amines) is 1. The Hall–Kier alpha value is -3.47. The van der Waals surface area contributed by atoms with Crippen molar-refractivity contribution >= 4 is 11.8 Å². The third kappa shape index (κ3) is 4.57. The highest BCUT2D eigenvalue weighted by molar-refractivity contribution is 5.86. The number of aryl methyl sites for hydroxylation is 1. The Kier molecular flexibility index (Phi) is 6.35. The van der Waals surface area contributed by atoms with E-state index in [1.165, 1.54) is 0 Å². The first-order valence-corrected chi connectivity index (χ1v) is 11.0. The van der Waals surface area contributed by atoms with Gasteiger partial charge in [0.25, 0.3) is 0 Å². The van der Waals surface area contributed by atoms with Gasteiger partial charge in [-0.3, -0.25) is 14.6 Å². The van der Waals surface area contributed by atoms with Gasteiger partial charge in [0, 0.05) is 32.5 Å². The number of aromatic nitrogens is 1. The molecule has 1 aliphatic heterocycles. The van der Waals surface area contributed by atoms with Gasteiger partial charge in [0.1, 0.15) is 0 Å². The van der Waals surface area contributed by atoms with Crippen molar-refractivity contribution in [2.45, 2.75) is 26.2 Å². The van der Waals surface area contributed by atoms with Crippen molar-refractivity contribution < 1.29 is 9.59 Å². The first-order valence-electron chi connectivity index (χ1n) is 11.0. The number of benzene rings is 2. The van der Waals surface area contributed by atoms with Crippen LogP contribution in [0, 0.1) is 12.3 Å². The Morgan fingerprint density at radius 3 is 2.59 bits per heavy atom. The second-order valence-corrected chi connectivity index (χ2v) is 8.66.